The number of rotatable bonds is 5. The second kappa shape index (κ2) is 7.17. The van der Waals surface area contributed by atoms with Crippen molar-refractivity contribution < 1.29 is 19.1 Å². The highest BCUT2D eigenvalue weighted by Crippen LogP contribution is 2.35. The maximum atomic E-state index is 12.4. The van der Waals surface area contributed by atoms with Crippen molar-refractivity contribution in [3.63, 3.8) is 0 Å². The monoisotopic (exact) mass is 318 g/mol. The van der Waals surface area contributed by atoms with Gasteiger partial charge in [0, 0.05) is 18.3 Å². The number of esters is 1. The summed E-state index contributed by atoms with van der Waals surface area (Å²) in [5.74, 6) is 0.201. The van der Waals surface area contributed by atoms with Gasteiger partial charge < -0.3 is 19.7 Å². The van der Waals surface area contributed by atoms with Crippen LogP contribution in [0.3, 0.4) is 0 Å². The zero-order valence-electron chi connectivity index (χ0n) is 13.9. The molecule has 0 aromatic heterocycles. The molecule has 6 heteroatoms. The standard InChI is InChI=1S/C17H22N2O4/c1-5-22-13-10-8-7-9-12(13)15-14(16(20)23-6-2)11(3)19(4)17(21)18-15/h7-10,15H,5-6H2,1-4H3,(H,18,21). The first-order valence-corrected chi connectivity index (χ1v) is 7.65. The number of benzene rings is 1. The molecule has 0 saturated heterocycles. The minimum absolute atomic E-state index is 0.271. The summed E-state index contributed by atoms with van der Waals surface area (Å²) >= 11 is 0. The topological polar surface area (TPSA) is 67.9 Å². The van der Waals surface area contributed by atoms with Gasteiger partial charge in [-0.05, 0) is 26.8 Å². The highest BCUT2D eigenvalue weighted by molar-refractivity contribution is 5.95. The zero-order valence-corrected chi connectivity index (χ0v) is 13.9. The number of amides is 2. The van der Waals surface area contributed by atoms with Crippen LogP contribution in [0.2, 0.25) is 0 Å². The van der Waals surface area contributed by atoms with Crippen molar-refractivity contribution in [2.75, 3.05) is 20.3 Å². The van der Waals surface area contributed by atoms with Gasteiger partial charge in [-0.1, -0.05) is 18.2 Å². The minimum atomic E-state index is -0.597. The number of nitrogens with one attached hydrogen (secondary N) is 1. The molecular weight excluding hydrogens is 296 g/mol. The van der Waals surface area contributed by atoms with Crippen molar-refractivity contribution in [2.45, 2.75) is 26.8 Å². The van der Waals surface area contributed by atoms with Gasteiger partial charge in [-0.15, -0.1) is 0 Å². The molecule has 0 fully saturated rings. The van der Waals surface area contributed by atoms with Crippen LogP contribution in [0.1, 0.15) is 32.4 Å². The summed E-state index contributed by atoms with van der Waals surface area (Å²) in [5, 5.41) is 2.85. The molecule has 1 aliphatic rings. The van der Waals surface area contributed by atoms with E-state index in [0.717, 1.165) is 5.56 Å². The number of ether oxygens (including phenoxy) is 2. The smallest absolute Gasteiger partial charge is 0.338 e. The second-order valence-corrected chi connectivity index (χ2v) is 5.13. The summed E-state index contributed by atoms with van der Waals surface area (Å²) in [6, 6.07) is 6.49. The number of para-hydroxylation sites is 1. The van der Waals surface area contributed by atoms with E-state index in [9.17, 15) is 9.59 Å². The summed E-state index contributed by atoms with van der Waals surface area (Å²) in [7, 11) is 1.62. The van der Waals surface area contributed by atoms with Gasteiger partial charge in [0.05, 0.1) is 24.8 Å². The SMILES string of the molecule is CCOC(=O)C1=C(C)N(C)C(=O)NC1c1ccccc1OCC. The molecule has 2 amide bonds. The largest absolute Gasteiger partial charge is 0.494 e. The molecule has 1 heterocycles. The summed E-state index contributed by atoms with van der Waals surface area (Å²) in [5.41, 5.74) is 1.72. The van der Waals surface area contributed by atoms with E-state index in [2.05, 4.69) is 5.32 Å². The fourth-order valence-electron chi connectivity index (χ4n) is 2.55. The van der Waals surface area contributed by atoms with Gasteiger partial charge in [0.2, 0.25) is 0 Å². The first kappa shape index (κ1) is 16.9. The maximum Gasteiger partial charge on any atom is 0.338 e. The molecule has 0 aliphatic carbocycles. The third-order valence-electron chi connectivity index (χ3n) is 3.78. The van der Waals surface area contributed by atoms with Gasteiger partial charge in [-0.25, -0.2) is 9.59 Å². The number of carbonyl (C=O) groups is 2. The summed E-state index contributed by atoms with van der Waals surface area (Å²) in [6.07, 6.45) is 0. The highest BCUT2D eigenvalue weighted by Gasteiger charge is 2.36. The molecule has 2 rings (SSSR count). The number of hydrogen-bond acceptors (Lipinski definition) is 4. The Bertz CT molecular complexity index is 639. The van der Waals surface area contributed by atoms with E-state index < -0.39 is 12.0 Å². The lowest BCUT2D eigenvalue weighted by Crippen LogP contribution is -2.46. The van der Waals surface area contributed by atoms with Crippen molar-refractivity contribution >= 4 is 12.0 Å². The molecule has 0 saturated carbocycles. The van der Waals surface area contributed by atoms with Crippen LogP contribution in [-0.2, 0) is 9.53 Å². The lowest BCUT2D eigenvalue weighted by molar-refractivity contribution is -0.139. The summed E-state index contributed by atoms with van der Waals surface area (Å²) in [4.78, 5) is 26.0. The van der Waals surface area contributed by atoms with Gasteiger partial charge in [-0.3, -0.25) is 0 Å². The van der Waals surface area contributed by atoms with E-state index in [1.165, 1.54) is 4.90 Å². The first-order chi connectivity index (χ1) is 11.0. The Kier molecular flexibility index (Phi) is 5.26. The number of hydrogen-bond donors (Lipinski definition) is 1. The van der Waals surface area contributed by atoms with Gasteiger partial charge >= 0.3 is 12.0 Å². The van der Waals surface area contributed by atoms with Crippen LogP contribution in [0, 0.1) is 0 Å². The van der Waals surface area contributed by atoms with Crippen LogP contribution in [0.15, 0.2) is 35.5 Å². The van der Waals surface area contributed by atoms with Crippen molar-refractivity contribution in [3.8, 4) is 5.75 Å². The average Bonchev–Trinajstić information content (AvgIpc) is 2.53. The molecule has 0 spiro atoms. The quantitative estimate of drug-likeness (QED) is 0.847. The summed E-state index contributed by atoms with van der Waals surface area (Å²) in [6.45, 7) is 6.14. The molecular formula is C17H22N2O4. The van der Waals surface area contributed by atoms with Crippen molar-refractivity contribution in [3.05, 3.63) is 41.1 Å². The van der Waals surface area contributed by atoms with Gasteiger partial charge in [0.1, 0.15) is 5.75 Å². The lowest BCUT2D eigenvalue weighted by Gasteiger charge is -2.33. The lowest BCUT2D eigenvalue weighted by atomic mass is 9.94. The molecule has 1 aliphatic heterocycles. The Morgan fingerprint density at radius 2 is 1.96 bits per heavy atom. The van der Waals surface area contributed by atoms with E-state index in [1.807, 2.05) is 31.2 Å². The van der Waals surface area contributed by atoms with E-state index in [0.29, 0.717) is 23.6 Å². The van der Waals surface area contributed by atoms with Crippen molar-refractivity contribution in [2.24, 2.45) is 0 Å². The van der Waals surface area contributed by atoms with Crippen LogP contribution in [0.25, 0.3) is 0 Å². The number of urea groups is 1. The second-order valence-electron chi connectivity index (χ2n) is 5.13. The third-order valence-corrected chi connectivity index (χ3v) is 3.78. The number of carbonyl (C=O) groups excluding carboxylic acids is 2. The average molecular weight is 318 g/mol. The van der Waals surface area contributed by atoms with Crippen LogP contribution in [0.5, 0.6) is 5.75 Å². The Morgan fingerprint density at radius 1 is 1.26 bits per heavy atom. The van der Waals surface area contributed by atoms with Crippen LogP contribution >= 0.6 is 0 Å². The molecule has 23 heavy (non-hydrogen) atoms. The van der Waals surface area contributed by atoms with E-state index in [1.54, 1.807) is 20.9 Å². The fourth-order valence-corrected chi connectivity index (χ4v) is 2.55. The predicted molar refractivity (Wildman–Crippen MR) is 86.0 cm³/mol. The Hall–Kier alpha value is -2.50. The number of nitrogens with zero attached hydrogens (tertiary/aromatic N) is 1. The highest BCUT2D eigenvalue weighted by atomic mass is 16.5. The molecule has 0 bridgehead atoms. The minimum Gasteiger partial charge on any atom is -0.494 e. The number of allylic oxidation sites excluding steroid dienone is 1. The molecule has 1 aromatic rings. The molecule has 0 radical (unpaired) electrons. The maximum absolute atomic E-state index is 12.4. The Balaban J connectivity index is 2.54. The molecule has 6 nitrogen and oxygen atoms in total. The molecule has 1 unspecified atom stereocenters. The van der Waals surface area contributed by atoms with E-state index in [4.69, 9.17) is 9.47 Å². The first-order valence-electron chi connectivity index (χ1n) is 7.65. The van der Waals surface area contributed by atoms with Gasteiger partial charge in [-0.2, -0.15) is 0 Å². The normalized spacial score (nSPS) is 17.8. The molecule has 1 N–H and O–H groups in total. The van der Waals surface area contributed by atoms with Crippen LogP contribution in [0.4, 0.5) is 4.79 Å². The fraction of sp³-hybridized carbons (Fsp3) is 0.412. The Labute approximate surface area is 136 Å². The van der Waals surface area contributed by atoms with Gasteiger partial charge in [0.25, 0.3) is 0 Å². The van der Waals surface area contributed by atoms with Crippen LogP contribution < -0.4 is 10.1 Å². The van der Waals surface area contributed by atoms with E-state index >= 15 is 0 Å². The van der Waals surface area contributed by atoms with Crippen molar-refractivity contribution in [1.82, 2.24) is 10.2 Å². The van der Waals surface area contributed by atoms with Crippen LogP contribution in [-0.4, -0.2) is 37.2 Å². The third kappa shape index (κ3) is 3.31. The summed E-state index contributed by atoms with van der Waals surface area (Å²) < 4.78 is 10.8. The van der Waals surface area contributed by atoms with Gasteiger partial charge in [0.15, 0.2) is 0 Å². The molecule has 124 valence electrons. The van der Waals surface area contributed by atoms with Crippen molar-refractivity contribution in [1.29, 1.82) is 0 Å². The predicted octanol–water partition coefficient (Wildman–Crippen LogP) is 2.62. The molecule has 1 aromatic carbocycles. The molecule has 1 atom stereocenters. The van der Waals surface area contributed by atoms with E-state index in [-0.39, 0.29) is 12.6 Å². The Morgan fingerprint density at radius 3 is 2.61 bits per heavy atom. The zero-order chi connectivity index (χ0) is 17.0.